The van der Waals surface area contributed by atoms with Crippen LogP contribution in [-0.2, 0) is 6.42 Å². The van der Waals surface area contributed by atoms with Crippen LogP contribution in [0.2, 0.25) is 0 Å². The summed E-state index contributed by atoms with van der Waals surface area (Å²) in [5.41, 5.74) is 10.6. The summed E-state index contributed by atoms with van der Waals surface area (Å²) >= 11 is 3.62. The molecule has 0 aromatic heterocycles. The third kappa shape index (κ3) is 3.94. The minimum atomic E-state index is 0.122. The van der Waals surface area contributed by atoms with Gasteiger partial charge < -0.3 is 0 Å². The Hall–Kier alpha value is -1.16. The Kier molecular flexibility index (Phi) is 5.20. The molecule has 0 aliphatic heterocycles. The van der Waals surface area contributed by atoms with Crippen molar-refractivity contribution in [3.8, 4) is 0 Å². The summed E-state index contributed by atoms with van der Waals surface area (Å²) in [7, 11) is 0. The lowest BCUT2D eigenvalue weighted by molar-refractivity contribution is 0.551. The normalized spacial score (nSPS) is 12.5. The molecule has 1 unspecified atom stereocenters. The van der Waals surface area contributed by atoms with Gasteiger partial charge in [-0.05, 0) is 56.4 Å². The highest BCUT2D eigenvalue weighted by Crippen LogP contribution is 2.27. The monoisotopic (exact) mass is 346 g/mol. The highest BCUT2D eigenvalue weighted by atomic mass is 79.9. The molecule has 0 aliphatic carbocycles. The zero-order valence-corrected chi connectivity index (χ0v) is 14.7. The topological polar surface area (TPSA) is 38.0 Å². The number of hydrogen-bond acceptors (Lipinski definition) is 2. The van der Waals surface area contributed by atoms with Crippen LogP contribution in [0.3, 0.4) is 0 Å². The van der Waals surface area contributed by atoms with Crippen molar-refractivity contribution in [3.05, 3.63) is 68.2 Å². The molecule has 0 amide bonds. The van der Waals surface area contributed by atoms with Crippen molar-refractivity contribution in [1.82, 2.24) is 5.43 Å². The first kappa shape index (κ1) is 16.2. The summed E-state index contributed by atoms with van der Waals surface area (Å²) in [6.45, 7) is 8.50. The summed E-state index contributed by atoms with van der Waals surface area (Å²) in [6, 6.07) is 11.2. The van der Waals surface area contributed by atoms with Crippen molar-refractivity contribution < 1.29 is 0 Å². The third-order valence-corrected chi connectivity index (χ3v) is 5.03. The van der Waals surface area contributed by atoms with Crippen LogP contribution in [0.5, 0.6) is 0 Å². The summed E-state index contributed by atoms with van der Waals surface area (Å²) < 4.78 is 1.17. The standard InChI is InChI=1S/C18H23BrN2/c1-11-5-12(2)7-15(6-11)10-17(21-20)16-8-13(3)18(19)14(4)9-16/h5-9,17,21H,10,20H2,1-4H3. The molecule has 1 atom stereocenters. The fraction of sp³-hybridized carbons (Fsp3) is 0.333. The molecule has 3 heteroatoms. The first-order valence-corrected chi connectivity index (χ1v) is 8.00. The van der Waals surface area contributed by atoms with Crippen LogP contribution in [0, 0.1) is 27.7 Å². The van der Waals surface area contributed by atoms with Gasteiger partial charge in [0.2, 0.25) is 0 Å². The molecule has 2 aromatic rings. The van der Waals surface area contributed by atoms with Gasteiger partial charge >= 0.3 is 0 Å². The van der Waals surface area contributed by atoms with Crippen molar-refractivity contribution in [2.75, 3.05) is 0 Å². The first-order chi connectivity index (χ1) is 9.90. The first-order valence-electron chi connectivity index (χ1n) is 7.20. The number of nitrogens with two attached hydrogens (primary N) is 1. The number of hydrazine groups is 1. The van der Waals surface area contributed by atoms with Gasteiger partial charge in [0.1, 0.15) is 0 Å². The Morgan fingerprint density at radius 2 is 1.48 bits per heavy atom. The number of halogens is 1. The van der Waals surface area contributed by atoms with Crippen LogP contribution in [0.25, 0.3) is 0 Å². The molecule has 2 nitrogen and oxygen atoms in total. The molecular formula is C18H23BrN2. The third-order valence-electron chi connectivity index (χ3n) is 3.78. The number of aryl methyl sites for hydroxylation is 4. The Labute approximate surface area is 135 Å². The number of rotatable bonds is 4. The fourth-order valence-electron chi connectivity index (χ4n) is 2.88. The molecule has 0 aliphatic rings. The van der Waals surface area contributed by atoms with E-state index in [1.165, 1.54) is 37.9 Å². The van der Waals surface area contributed by atoms with Gasteiger partial charge in [-0.15, -0.1) is 0 Å². The lowest BCUT2D eigenvalue weighted by atomic mass is 9.95. The van der Waals surface area contributed by atoms with E-state index >= 15 is 0 Å². The van der Waals surface area contributed by atoms with E-state index in [1.807, 2.05) is 0 Å². The Balaban J connectivity index is 2.31. The van der Waals surface area contributed by atoms with Gasteiger partial charge in [0.15, 0.2) is 0 Å². The summed E-state index contributed by atoms with van der Waals surface area (Å²) in [4.78, 5) is 0. The van der Waals surface area contributed by atoms with Gasteiger partial charge in [-0.1, -0.05) is 57.4 Å². The predicted molar refractivity (Wildman–Crippen MR) is 93.3 cm³/mol. The average molecular weight is 347 g/mol. The highest BCUT2D eigenvalue weighted by molar-refractivity contribution is 9.10. The largest absolute Gasteiger partial charge is 0.271 e. The van der Waals surface area contributed by atoms with Crippen LogP contribution in [0.1, 0.15) is 39.4 Å². The zero-order valence-electron chi connectivity index (χ0n) is 13.1. The molecule has 0 saturated heterocycles. The second-order valence-electron chi connectivity index (χ2n) is 5.89. The number of hydrogen-bond donors (Lipinski definition) is 2. The lowest BCUT2D eigenvalue weighted by Crippen LogP contribution is -2.29. The number of benzene rings is 2. The second-order valence-corrected chi connectivity index (χ2v) is 6.68. The van der Waals surface area contributed by atoms with E-state index in [2.05, 4.69) is 79.4 Å². The lowest BCUT2D eigenvalue weighted by Gasteiger charge is -2.19. The Morgan fingerprint density at radius 1 is 0.952 bits per heavy atom. The van der Waals surface area contributed by atoms with Gasteiger partial charge in [-0.25, -0.2) is 0 Å². The average Bonchev–Trinajstić information content (AvgIpc) is 2.40. The minimum Gasteiger partial charge on any atom is -0.271 e. The van der Waals surface area contributed by atoms with Crippen molar-refractivity contribution >= 4 is 15.9 Å². The van der Waals surface area contributed by atoms with Crippen LogP contribution < -0.4 is 11.3 Å². The van der Waals surface area contributed by atoms with Gasteiger partial charge in [0.05, 0.1) is 0 Å². The van der Waals surface area contributed by atoms with Crippen molar-refractivity contribution in [1.29, 1.82) is 0 Å². The second kappa shape index (κ2) is 6.73. The molecule has 0 radical (unpaired) electrons. The van der Waals surface area contributed by atoms with E-state index in [9.17, 15) is 0 Å². The van der Waals surface area contributed by atoms with Crippen molar-refractivity contribution in [3.63, 3.8) is 0 Å². The molecule has 21 heavy (non-hydrogen) atoms. The quantitative estimate of drug-likeness (QED) is 0.634. The van der Waals surface area contributed by atoms with Gasteiger partial charge in [0, 0.05) is 10.5 Å². The van der Waals surface area contributed by atoms with Crippen LogP contribution >= 0.6 is 15.9 Å². The summed E-state index contributed by atoms with van der Waals surface area (Å²) in [5.74, 6) is 5.81. The van der Waals surface area contributed by atoms with Gasteiger partial charge in [0.25, 0.3) is 0 Å². The molecule has 0 bridgehead atoms. The molecule has 2 rings (SSSR count). The highest BCUT2D eigenvalue weighted by Gasteiger charge is 2.13. The molecule has 0 spiro atoms. The van der Waals surface area contributed by atoms with Crippen molar-refractivity contribution in [2.45, 2.75) is 40.2 Å². The summed E-state index contributed by atoms with van der Waals surface area (Å²) in [6.07, 6.45) is 0.888. The van der Waals surface area contributed by atoms with Gasteiger partial charge in [-0.3, -0.25) is 11.3 Å². The molecule has 0 fully saturated rings. The maximum atomic E-state index is 5.81. The molecule has 2 aromatic carbocycles. The van der Waals surface area contributed by atoms with Crippen molar-refractivity contribution in [2.24, 2.45) is 5.84 Å². The molecular weight excluding hydrogens is 324 g/mol. The van der Waals surface area contributed by atoms with Crippen LogP contribution in [0.4, 0.5) is 0 Å². The van der Waals surface area contributed by atoms with Crippen LogP contribution in [0.15, 0.2) is 34.8 Å². The van der Waals surface area contributed by atoms with E-state index in [1.54, 1.807) is 0 Å². The zero-order chi connectivity index (χ0) is 15.6. The fourth-order valence-corrected chi connectivity index (χ4v) is 3.11. The minimum absolute atomic E-state index is 0.122. The van der Waals surface area contributed by atoms with E-state index in [-0.39, 0.29) is 6.04 Å². The predicted octanol–water partition coefficient (Wildman–Crippen LogP) is 4.43. The smallest absolute Gasteiger partial charge is 0.0500 e. The van der Waals surface area contributed by atoms with Gasteiger partial charge in [-0.2, -0.15) is 0 Å². The van der Waals surface area contributed by atoms with E-state index in [4.69, 9.17) is 5.84 Å². The molecule has 0 heterocycles. The van der Waals surface area contributed by atoms with E-state index in [0.29, 0.717) is 0 Å². The molecule has 3 N–H and O–H groups in total. The summed E-state index contributed by atoms with van der Waals surface area (Å²) in [5, 5.41) is 0. The Morgan fingerprint density at radius 3 is 1.95 bits per heavy atom. The SMILES string of the molecule is Cc1cc(C)cc(CC(NN)c2cc(C)c(Br)c(C)c2)c1. The maximum Gasteiger partial charge on any atom is 0.0500 e. The van der Waals surface area contributed by atoms with E-state index < -0.39 is 0 Å². The molecule has 0 saturated carbocycles. The molecule has 112 valence electrons. The van der Waals surface area contributed by atoms with E-state index in [0.717, 1.165) is 6.42 Å². The number of nitrogens with one attached hydrogen (secondary N) is 1. The van der Waals surface area contributed by atoms with Crippen LogP contribution in [-0.4, -0.2) is 0 Å². The Bertz CT molecular complexity index is 606. The maximum absolute atomic E-state index is 5.81.